The minimum Gasteiger partial charge on any atom is -0.398 e. The summed E-state index contributed by atoms with van der Waals surface area (Å²) in [5, 5.41) is 34.3. The lowest BCUT2D eigenvalue weighted by atomic mass is 9.84. The molecule has 1 aliphatic rings. The zero-order valence-electron chi connectivity index (χ0n) is 29.6. The van der Waals surface area contributed by atoms with E-state index in [1.807, 2.05) is 87.3 Å². The maximum atomic E-state index is 9.68. The van der Waals surface area contributed by atoms with Crippen LogP contribution >= 0.6 is 11.6 Å². The summed E-state index contributed by atoms with van der Waals surface area (Å²) in [6.45, 7) is 11.5. The molecule has 6 N–H and O–H groups in total. The third-order valence-electron chi connectivity index (χ3n) is 8.30. The smallest absolute Gasteiger partial charge is 0.398 e. The number of aliphatic hydroxyl groups excluding tert-OH is 2. The third kappa shape index (κ3) is 8.93. The largest absolute Gasteiger partial charge is 0.514 e. The summed E-state index contributed by atoms with van der Waals surface area (Å²) in [7, 11) is -0.538. The molecular formula is C34H40BClN12O4. The summed E-state index contributed by atoms with van der Waals surface area (Å²) in [5.41, 5.74) is 16.3. The van der Waals surface area contributed by atoms with Crippen LogP contribution in [-0.4, -0.2) is 78.0 Å². The average Bonchev–Trinajstić information content (AvgIpc) is 3.82. The highest BCUT2D eigenvalue weighted by Gasteiger charge is 2.52. The van der Waals surface area contributed by atoms with Crippen LogP contribution in [-0.2, 0) is 22.5 Å². The Kier molecular flexibility index (Phi) is 11.6. The molecule has 6 aromatic rings. The molecule has 0 amide bonds. The molecule has 1 saturated heterocycles. The Morgan fingerprint density at radius 1 is 0.673 bits per heavy atom. The van der Waals surface area contributed by atoms with Gasteiger partial charge in [0.25, 0.3) is 0 Å². The minimum absolute atomic E-state index is 0.167. The van der Waals surface area contributed by atoms with Gasteiger partial charge in [0, 0.05) is 12.4 Å². The standard InChI is InChI=1S/C16H22BN3O3.C14H14N6O.C4H4ClN3/c1-11-8-20(10-18-11)13-6-7-14(19-12(13)9-21)17-22-15(2,3)16(4,5)23-17;1-9-6-20(8-16-9)13-4-2-10(17-12(13)7-21)11-3-5-14(15)19-18-11;5-3-1-2-4(6)8-7-3/h6-8,10,21H,9H2,1-5H3;2-6,8,21H,7H2,1H3,(H2,15,19);1-2H,(H2,6,8). The van der Waals surface area contributed by atoms with Gasteiger partial charge in [-0.1, -0.05) is 11.6 Å². The Labute approximate surface area is 306 Å². The van der Waals surface area contributed by atoms with Gasteiger partial charge in [0.05, 0.1) is 82.5 Å². The number of hydrogen-bond acceptors (Lipinski definition) is 14. The lowest BCUT2D eigenvalue weighted by molar-refractivity contribution is 0.00578. The van der Waals surface area contributed by atoms with E-state index >= 15 is 0 Å². The maximum absolute atomic E-state index is 9.68. The number of halogens is 1. The van der Waals surface area contributed by atoms with Crippen molar-refractivity contribution in [1.29, 1.82) is 0 Å². The number of nitrogens with zero attached hydrogens (tertiary/aromatic N) is 10. The van der Waals surface area contributed by atoms with Crippen LogP contribution < -0.4 is 17.1 Å². The van der Waals surface area contributed by atoms with Crippen LogP contribution in [0.15, 0.2) is 73.6 Å². The number of pyridine rings is 2. The van der Waals surface area contributed by atoms with Crippen LogP contribution in [0.2, 0.25) is 5.15 Å². The number of hydrogen-bond donors (Lipinski definition) is 4. The summed E-state index contributed by atoms with van der Waals surface area (Å²) in [6, 6.07) is 14.0. The number of nitrogen functional groups attached to an aromatic ring is 2. The van der Waals surface area contributed by atoms with Gasteiger partial charge >= 0.3 is 7.12 Å². The van der Waals surface area contributed by atoms with Gasteiger partial charge in [0.2, 0.25) is 0 Å². The number of nitrogens with two attached hydrogens (primary N) is 2. The molecule has 0 aromatic carbocycles. The molecule has 7 heterocycles. The highest BCUT2D eigenvalue weighted by Crippen LogP contribution is 2.36. The minimum atomic E-state index is -0.538. The van der Waals surface area contributed by atoms with E-state index < -0.39 is 18.3 Å². The molecule has 7 rings (SSSR count). The Hall–Kier alpha value is -5.33. The Morgan fingerprint density at radius 2 is 1.17 bits per heavy atom. The van der Waals surface area contributed by atoms with Crippen molar-refractivity contribution in [3.8, 4) is 22.8 Å². The molecule has 16 nitrogen and oxygen atoms in total. The second-order valence-electron chi connectivity index (χ2n) is 12.7. The van der Waals surface area contributed by atoms with Crippen LogP contribution in [0.5, 0.6) is 0 Å². The monoisotopic (exact) mass is 726 g/mol. The highest BCUT2D eigenvalue weighted by molar-refractivity contribution is 6.61. The van der Waals surface area contributed by atoms with Crippen LogP contribution in [0, 0.1) is 13.8 Å². The molecule has 0 atom stereocenters. The topological polar surface area (TPSA) is 224 Å². The van der Waals surface area contributed by atoms with Crippen molar-refractivity contribution in [3.05, 3.63) is 102 Å². The first-order chi connectivity index (χ1) is 24.7. The summed E-state index contributed by atoms with van der Waals surface area (Å²) in [4.78, 5) is 17.4. The fourth-order valence-corrected chi connectivity index (χ4v) is 4.96. The molecule has 1 aliphatic heterocycles. The highest BCUT2D eigenvalue weighted by atomic mass is 35.5. The molecule has 0 aliphatic carbocycles. The van der Waals surface area contributed by atoms with Crippen LogP contribution in [0.25, 0.3) is 22.8 Å². The van der Waals surface area contributed by atoms with Crippen molar-refractivity contribution in [3.63, 3.8) is 0 Å². The van der Waals surface area contributed by atoms with Crippen LogP contribution in [0.4, 0.5) is 11.6 Å². The number of imidazole rings is 2. The van der Waals surface area contributed by atoms with Gasteiger partial charge < -0.3 is 40.1 Å². The fourth-order valence-electron chi connectivity index (χ4n) is 4.86. The molecule has 18 heteroatoms. The Morgan fingerprint density at radius 3 is 1.62 bits per heavy atom. The third-order valence-corrected chi connectivity index (χ3v) is 8.50. The number of aromatic nitrogens is 10. The number of anilines is 2. The first-order valence-corrected chi connectivity index (χ1v) is 16.5. The molecule has 0 spiro atoms. The lowest BCUT2D eigenvalue weighted by Crippen LogP contribution is -2.41. The molecule has 0 unspecified atom stereocenters. The molecule has 6 aromatic heterocycles. The molecule has 270 valence electrons. The van der Waals surface area contributed by atoms with E-state index in [-0.39, 0.29) is 13.2 Å². The number of aryl methyl sites for hydroxylation is 2. The molecule has 52 heavy (non-hydrogen) atoms. The van der Waals surface area contributed by atoms with E-state index in [9.17, 15) is 10.2 Å². The summed E-state index contributed by atoms with van der Waals surface area (Å²) in [5.74, 6) is 0.737. The van der Waals surface area contributed by atoms with Crippen molar-refractivity contribution < 1.29 is 19.5 Å². The predicted molar refractivity (Wildman–Crippen MR) is 197 cm³/mol. The van der Waals surface area contributed by atoms with Gasteiger partial charge in [-0.3, -0.25) is 4.98 Å². The van der Waals surface area contributed by atoms with Gasteiger partial charge in [-0.25, -0.2) is 15.0 Å². The molecule has 0 radical (unpaired) electrons. The molecular weight excluding hydrogens is 687 g/mol. The zero-order chi connectivity index (χ0) is 37.6. The van der Waals surface area contributed by atoms with E-state index in [0.29, 0.717) is 45.2 Å². The van der Waals surface area contributed by atoms with E-state index in [1.54, 1.807) is 36.9 Å². The van der Waals surface area contributed by atoms with Crippen molar-refractivity contribution in [2.75, 3.05) is 11.5 Å². The first-order valence-electron chi connectivity index (χ1n) is 16.1. The lowest BCUT2D eigenvalue weighted by Gasteiger charge is -2.32. The Balaban J connectivity index is 0.000000167. The average molecular weight is 727 g/mol. The predicted octanol–water partition coefficient (Wildman–Crippen LogP) is 3.19. The second kappa shape index (κ2) is 15.9. The molecule has 0 saturated carbocycles. The maximum Gasteiger partial charge on any atom is 0.514 e. The van der Waals surface area contributed by atoms with E-state index in [4.69, 9.17) is 32.4 Å². The van der Waals surface area contributed by atoms with Gasteiger partial charge in [-0.05, 0) is 90.1 Å². The summed E-state index contributed by atoms with van der Waals surface area (Å²) >= 11 is 5.38. The van der Waals surface area contributed by atoms with Crippen LogP contribution in [0.3, 0.4) is 0 Å². The first kappa shape index (κ1) is 37.9. The summed E-state index contributed by atoms with van der Waals surface area (Å²) < 4.78 is 15.7. The Bertz CT molecular complexity index is 2070. The normalized spacial score (nSPS) is 14.3. The SMILES string of the molecule is Cc1cn(-c2ccc(-c3ccc(N)nn3)nc2CO)cn1.Cc1cn(-c2ccc(B3OC(C)(C)C(C)(C)O3)nc2CO)cn1.Nc1ccc(Cl)nn1. The van der Waals surface area contributed by atoms with Crippen molar-refractivity contribution in [2.24, 2.45) is 0 Å². The summed E-state index contributed by atoms with van der Waals surface area (Å²) in [6.07, 6.45) is 7.16. The van der Waals surface area contributed by atoms with Crippen molar-refractivity contribution in [1.82, 2.24) is 49.5 Å². The van der Waals surface area contributed by atoms with E-state index in [2.05, 4.69) is 40.3 Å². The van der Waals surface area contributed by atoms with Gasteiger partial charge in [0.15, 0.2) is 5.15 Å². The van der Waals surface area contributed by atoms with Gasteiger partial charge in [0.1, 0.15) is 17.3 Å². The molecule has 1 fully saturated rings. The number of aliphatic hydroxyl groups is 2. The van der Waals surface area contributed by atoms with Crippen LogP contribution in [0.1, 0.15) is 50.5 Å². The van der Waals surface area contributed by atoms with Crippen molar-refractivity contribution >= 4 is 35.9 Å². The van der Waals surface area contributed by atoms with Gasteiger partial charge in [-0.2, -0.15) is 0 Å². The van der Waals surface area contributed by atoms with E-state index in [0.717, 1.165) is 22.8 Å². The zero-order valence-corrected chi connectivity index (χ0v) is 30.4. The molecule has 0 bridgehead atoms. The van der Waals surface area contributed by atoms with E-state index in [1.165, 1.54) is 0 Å². The van der Waals surface area contributed by atoms with Gasteiger partial charge in [-0.15, -0.1) is 20.4 Å². The fraction of sp³-hybridized carbons (Fsp3) is 0.294. The number of rotatable bonds is 6. The van der Waals surface area contributed by atoms with Crippen molar-refractivity contribution in [2.45, 2.75) is 66.0 Å². The quantitative estimate of drug-likeness (QED) is 0.181. The second-order valence-corrected chi connectivity index (χ2v) is 13.1.